The Hall–Kier alpha value is -3.40. The number of carbonyl (C=O) groups excluding carboxylic acids is 2. The van der Waals surface area contributed by atoms with Crippen molar-refractivity contribution in [1.82, 2.24) is 0 Å². The summed E-state index contributed by atoms with van der Waals surface area (Å²) in [5, 5.41) is 20.3. The number of hydrogen-bond acceptors (Lipinski definition) is 4. The van der Waals surface area contributed by atoms with Crippen LogP contribution in [0.3, 0.4) is 0 Å². The molecule has 0 aliphatic heterocycles. The number of rotatable bonds is 3. The fraction of sp³-hybridized carbons (Fsp3) is 0. The van der Waals surface area contributed by atoms with E-state index in [0.717, 1.165) is 5.56 Å². The van der Waals surface area contributed by atoms with Gasteiger partial charge in [0.05, 0.1) is 11.1 Å². The van der Waals surface area contributed by atoms with Crippen molar-refractivity contribution in [3.05, 3.63) is 95.0 Å². The molecule has 0 amide bonds. The Balaban J connectivity index is 2.00. The van der Waals surface area contributed by atoms with E-state index in [-0.39, 0.29) is 11.1 Å². The molecular formula is C20H14O4. The molecule has 118 valence electrons. The van der Waals surface area contributed by atoms with Crippen molar-refractivity contribution < 1.29 is 19.8 Å². The van der Waals surface area contributed by atoms with Crippen LogP contribution in [0.15, 0.2) is 83.8 Å². The van der Waals surface area contributed by atoms with Crippen molar-refractivity contribution in [2.75, 3.05) is 0 Å². The number of allylic oxidation sites excluding steroid dienone is 3. The number of aliphatic hydroxyl groups excluding tert-OH is 2. The van der Waals surface area contributed by atoms with Gasteiger partial charge in [-0.3, -0.25) is 9.59 Å². The normalized spacial score (nSPS) is 15.5. The predicted octanol–water partition coefficient (Wildman–Crippen LogP) is 3.63. The average Bonchev–Trinajstić information content (AvgIpc) is 2.62. The summed E-state index contributed by atoms with van der Waals surface area (Å²) in [5.74, 6) is -2.87. The summed E-state index contributed by atoms with van der Waals surface area (Å²) < 4.78 is 0. The van der Waals surface area contributed by atoms with Crippen LogP contribution in [-0.2, 0) is 9.59 Å². The molecule has 0 saturated heterocycles. The maximum absolute atomic E-state index is 12.4. The van der Waals surface area contributed by atoms with Crippen LogP contribution < -0.4 is 0 Å². The Bertz CT molecular complexity index is 888. The minimum absolute atomic E-state index is 0.185. The summed E-state index contributed by atoms with van der Waals surface area (Å²) >= 11 is 0. The molecule has 2 aromatic carbocycles. The monoisotopic (exact) mass is 318 g/mol. The minimum Gasteiger partial charge on any atom is -0.504 e. The highest BCUT2D eigenvalue weighted by Crippen LogP contribution is 2.30. The van der Waals surface area contributed by atoms with E-state index < -0.39 is 23.1 Å². The fourth-order valence-electron chi connectivity index (χ4n) is 2.47. The van der Waals surface area contributed by atoms with E-state index >= 15 is 0 Å². The Morgan fingerprint density at radius 3 is 1.88 bits per heavy atom. The molecule has 4 nitrogen and oxygen atoms in total. The van der Waals surface area contributed by atoms with E-state index in [2.05, 4.69) is 0 Å². The molecule has 0 atom stereocenters. The third-order valence-electron chi connectivity index (χ3n) is 3.70. The highest BCUT2D eigenvalue weighted by molar-refractivity contribution is 6.38. The third kappa shape index (κ3) is 2.77. The van der Waals surface area contributed by atoms with Crippen molar-refractivity contribution in [1.29, 1.82) is 0 Å². The Labute approximate surface area is 138 Å². The zero-order valence-electron chi connectivity index (χ0n) is 12.6. The van der Waals surface area contributed by atoms with Gasteiger partial charge < -0.3 is 10.2 Å². The average molecular weight is 318 g/mol. The van der Waals surface area contributed by atoms with Gasteiger partial charge >= 0.3 is 0 Å². The molecular weight excluding hydrogens is 304 g/mol. The van der Waals surface area contributed by atoms with Gasteiger partial charge in [0, 0.05) is 0 Å². The number of hydrogen-bond donors (Lipinski definition) is 2. The van der Waals surface area contributed by atoms with E-state index in [9.17, 15) is 19.8 Å². The first-order valence-electron chi connectivity index (χ1n) is 7.34. The topological polar surface area (TPSA) is 74.6 Å². The van der Waals surface area contributed by atoms with Gasteiger partial charge in [-0.2, -0.15) is 0 Å². The highest BCUT2D eigenvalue weighted by Gasteiger charge is 2.34. The van der Waals surface area contributed by atoms with Crippen molar-refractivity contribution in [2.24, 2.45) is 0 Å². The van der Waals surface area contributed by atoms with Gasteiger partial charge in [-0.05, 0) is 17.2 Å². The van der Waals surface area contributed by atoms with Crippen LogP contribution in [0.5, 0.6) is 0 Å². The van der Waals surface area contributed by atoms with E-state index in [1.54, 1.807) is 36.4 Å². The maximum atomic E-state index is 12.4. The molecule has 1 aliphatic carbocycles. The van der Waals surface area contributed by atoms with Crippen LogP contribution in [-0.4, -0.2) is 21.8 Å². The molecule has 2 aromatic rings. The molecule has 0 fully saturated rings. The van der Waals surface area contributed by atoms with Crippen LogP contribution in [0, 0.1) is 0 Å². The SMILES string of the molecule is O=C1C(O)=C(c2ccccc2)C(=O)C(O)=C1C=Cc1ccccc1. The van der Waals surface area contributed by atoms with Gasteiger partial charge in [-0.15, -0.1) is 0 Å². The number of benzene rings is 2. The second-order valence-corrected chi connectivity index (χ2v) is 5.25. The van der Waals surface area contributed by atoms with E-state index in [0.29, 0.717) is 5.56 Å². The molecule has 0 radical (unpaired) electrons. The zero-order chi connectivity index (χ0) is 17.1. The number of Topliss-reactive ketones (excluding diaryl/α,β-unsaturated/α-hetero) is 2. The third-order valence-corrected chi connectivity index (χ3v) is 3.70. The molecule has 0 aromatic heterocycles. The molecule has 4 heteroatoms. The van der Waals surface area contributed by atoms with Crippen molar-refractivity contribution >= 4 is 23.2 Å². The van der Waals surface area contributed by atoms with Crippen molar-refractivity contribution in [2.45, 2.75) is 0 Å². The van der Waals surface area contributed by atoms with Crippen molar-refractivity contribution in [3.63, 3.8) is 0 Å². The Kier molecular flexibility index (Phi) is 4.12. The first kappa shape index (κ1) is 15.5. The molecule has 2 N–H and O–H groups in total. The molecule has 0 spiro atoms. The first-order chi connectivity index (χ1) is 11.6. The highest BCUT2D eigenvalue weighted by atomic mass is 16.3. The van der Waals surface area contributed by atoms with Gasteiger partial charge in [-0.25, -0.2) is 0 Å². The van der Waals surface area contributed by atoms with Crippen LogP contribution in [0.4, 0.5) is 0 Å². The second kappa shape index (κ2) is 6.38. The summed E-state index contributed by atoms with van der Waals surface area (Å²) in [6.45, 7) is 0. The lowest BCUT2D eigenvalue weighted by Crippen LogP contribution is -2.22. The molecule has 3 rings (SSSR count). The Morgan fingerprint density at radius 1 is 0.667 bits per heavy atom. The summed E-state index contributed by atoms with van der Waals surface area (Å²) in [5.41, 5.74) is 0.775. The molecule has 0 saturated carbocycles. The molecule has 0 unspecified atom stereocenters. The summed E-state index contributed by atoms with van der Waals surface area (Å²) in [6.07, 6.45) is 2.93. The maximum Gasteiger partial charge on any atom is 0.232 e. The molecule has 24 heavy (non-hydrogen) atoms. The van der Waals surface area contributed by atoms with Crippen LogP contribution in [0.1, 0.15) is 11.1 Å². The predicted molar refractivity (Wildman–Crippen MR) is 91.1 cm³/mol. The Morgan fingerprint density at radius 2 is 1.25 bits per heavy atom. The first-order valence-corrected chi connectivity index (χ1v) is 7.34. The molecule has 0 bridgehead atoms. The number of aliphatic hydroxyl groups is 2. The molecule has 1 aliphatic rings. The number of ketones is 2. The standard InChI is InChI=1S/C20H14O4/c21-17-15(12-11-13-7-3-1-4-8-13)18(22)20(24)16(19(17)23)14-9-5-2-6-10-14/h1-12,21,24H. The lowest BCUT2D eigenvalue weighted by Gasteiger charge is -2.16. The largest absolute Gasteiger partial charge is 0.504 e. The zero-order valence-corrected chi connectivity index (χ0v) is 12.6. The summed E-state index contributed by atoms with van der Waals surface area (Å²) in [7, 11) is 0. The molecule has 0 heterocycles. The van der Waals surface area contributed by atoms with E-state index in [4.69, 9.17) is 0 Å². The minimum atomic E-state index is -0.780. The quantitative estimate of drug-likeness (QED) is 0.847. The van der Waals surface area contributed by atoms with E-state index in [1.165, 1.54) is 6.08 Å². The van der Waals surface area contributed by atoms with Gasteiger partial charge in [0.2, 0.25) is 11.6 Å². The lowest BCUT2D eigenvalue weighted by molar-refractivity contribution is -0.118. The smallest absolute Gasteiger partial charge is 0.232 e. The van der Waals surface area contributed by atoms with Gasteiger partial charge in [0.25, 0.3) is 0 Å². The van der Waals surface area contributed by atoms with E-state index in [1.807, 2.05) is 30.3 Å². The summed E-state index contributed by atoms with van der Waals surface area (Å²) in [4.78, 5) is 24.7. The fourth-order valence-corrected chi connectivity index (χ4v) is 2.47. The van der Waals surface area contributed by atoms with Gasteiger partial charge in [0.1, 0.15) is 0 Å². The van der Waals surface area contributed by atoms with Crippen LogP contribution in [0.25, 0.3) is 11.6 Å². The van der Waals surface area contributed by atoms with Gasteiger partial charge in [0.15, 0.2) is 11.5 Å². The van der Waals surface area contributed by atoms with Crippen molar-refractivity contribution in [3.8, 4) is 0 Å². The van der Waals surface area contributed by atoms with Gasteiger partial charge in [-0.1, -0.05) is 66.7 Å². The summed E-state index contributed by atoms with van der Waals surface area (Å²) in [6, 6.07) is 17.4. The lowest BCUT2D eigenvalue weighted by atomic mass is 9.89. The number of carbonyl (C=O) groups is 2. The van der Waals surface area contributed by atoms with Crippen LogP contribution in [0.2, 0.25) is 0 Å². The second-order valence-electron chi connectivity index (χ2n) is 5.25. The van der Waals surface area contributed by atoms with Crippen LogP contribution >= 0.6 is 0 Å².